The van der Waals surface area contributed by atoms with Crippen LogP contribution in [0.5, 0.6) is 0 Å². The van der Waals surface area contributed by atoms with E-state index in [2.05, 4.69) is 61.1 Å². The molecule has 0 bridgehead atoms. The van der Waals surface area contributed by atoms with Crippen LogP contribution < -0.4 is 4.90 Å². The molecule has 34 heavy (non-hydrogen) atoms. The van der Waals surface area contributed by atoms with E-state index in [1.165, 1.54) is 11.3 Å². The van der Waals surface area contributed by atoms with Gasteiger partial charge in [-0.3, -0.25) is 4.98 Å². The Morgan fingerprint density at radius 3 is 2.62 bits per heavy atom. The number of furan rings is 1. The minimum absolute atomic E-state index is 0.126. The van der Waals surface area contributed by atoms with E-state index in [1.54, 1.807) is 6.20 Å². The van der Waals surface area contributed by atoms with E-state index in [9.17, 15) is 5.26 Å². The molecule has 0 unspecified atom stereocenters. The number of hydrogen-bond donors (Lipinski definition) is 0. The van der Waals surface area contributed by atoms with Crippen molar-refractivity contribution in [2.24, 2.45) is 0 Å². The molecule has 0 fully saturated rings. The molecule has 6 rings (SSSR count). The number of nitrogens with zero attached hydrogens (tertiary/aromatic N) is 3. The average molecular weight is 444 g/mol. The van der Waals surface area contributed by atoms with Gasteiger partial charge < -0.3 is 9.32 Å². The average Bonchev–Trinajstić information content (AvgIpc) is 3.25. The number of nitriles is 1. The number of para-hydroxylation sites is 1. The number of anilines is 1. The van der Waals surface area contributed by atoms with Crippen molar-refractivity contribution < 1.29 is 4.42 Å². The van der Waals surface area contributed by atoms with Crippen LogP contribution >= 0.6 is 0 Å². The van der Waals surface area contributed by atoms with Gasteiger partial charge in [0.15, 0.2) is 0 Å². The summed E-state index contributed by atoms with van der Waals surface area (Å²) in [5.41, 5.74) is 8.52. The van der Waals surface area contributed by atoms with Gasteiger partial charge in [0.05, 0.1) is 17.3 Å². The lowest BCUT2D eigenvalue weighted by atomic mass is 9.77. The summed E-state index contributed by atoms with van der Waals surface area (Å²) >= 11 is 0. The van der Waals surface area contributed by atoms with E-state index in [4.69, 9.17) is 4.42 Å². The van der Waals surface area contributed by atoms with E-state index in [0.717, 1.165) is 57.3 Å². The van der Waals surface area contributed by atoms with Gasteiger partial charge in [-0.2, -0.15) is 5.26 Å². The summed E-state index contributed by atoms with van der Waals surface area (Å²) in [6.07, 6.45) is 2.91. The molecule has 0 saturated carbocycles. The van der Waals surface area contributed by atoms with E-state index in [1.807, 2.05) is 42.5 Å². The molecule has 3 heterocycles. The largest absolute Gasteiger partial charge is 0.455 e. The van der Waals surface area contributed by atoms with Crippen LogP contribution in [-0.4, -0.2) is 18.6 Å². The van der Waals surface area contributed by atoms with E-state index < -0.39 is 0 Å². The summed E-state index contributed by atoms with van der Waals surface area (Å²) in [4.78, 5) is 6.85. The van der Waals surface area contributed by atoms with Crippen molar-refractivity contribution in [1.82, 2.24) is 4.98 Å². The highest BCUT2D eigenvalue weighted by molar-refractivity contribution is 6.13. The highest BCUT2D eigenvalue weighted by Crippen LogP contribution is 2.44. The molecular formula is C30H25N3O. The second kappa shape index (κ2) is 7.46. The van der Waals surface area contributed by atoms with Crippen molar-refractivity contribution in [3.05, 3.63) is 84.1 Å². The standard InChI is InChI=1S/C30H25N3O/c1-30(2)14-16-33(3)26-17-19(11-13-24(26)30)27-20(18-31)10-12-22-21-7-6-8-23(28(21)34-29(22)27)25-9-4-5-15-32-25/h4-13,15,17H,14,16H2,1-3H3. The highest BCUT2D eigenvalue weighted by Gasteiger charge is 2.30. The third-order valence-corrected chi connectivity index (χ3v) is 7.23. The molecule has 0 aliphatic carbocycles. The molecule has 4 heteroatoms. The lowest BCUT2D eigenvalue weighted by molar-refractivity contribution is 0.462. The Hall–Kier alpha value is -4.10. The lowest BCUT2D eigenvalue weighted by Crippen LogP contribution is -2.34. The van der Waals surface area contributed by atoms with Gasteiger partial charge in [0, 0.05) is 47.4 Å². The minimum atomic E-state index is 0.126. The van der Waals surface area contributed by atoms with Crippen LogP contribution in [0.3, 0.4) is 0 Å². The second-order valence-electron chi connectivity index (χ2n) is 9.76. The van der Waals surface area contributed by atoms with Crippen molar-refractivity contribution in [2.75, 3.05) is 18.5 Å². The van der Waals surface area contributed by atoms with Gasteiger partial charge in [0.25, 0.3) is 0 Å². The Labute approximate surface area is 199 Å². The van der Waals surface area contributed by atoms with Crippen molar-refractivity contribution in [2.45, 2.75) is 25.7 Å². The van der Waals surface area contributed by atoms with Crippen LogP contribution in [0.25, 0.3) is 44.3 Å². The molecule has 0 radical (unpaired) electrons. The van der Waals surface area contributed by atoms with Crippen molar-refractivity contribution in [3.63, 3.8) is 0 Å². The van der Waals surface area contributed by atoms with Gasteiger partial charge in [0.2, 0.25) is 0 Å². The summed E-state index contributed by atoms with van der Waals surface area (Å²) < 4.78 is 6.57. The van der Waals surface area contributed by atoms with Crippen LogP contribution in [0.15, 0.2) is 77.3 Å². The lowest BCUT2D eigenvalue weighted by Gasteiger charge is -2.38. The van der Waals surface area contributed by atoms with Gasteiger partial charge >= 0.3 is 0 Å². The predicted octanol–water partition coefficient (Wildman–Crippen LogP) is 7.30. The van der Waals surface area contributed by atoms with Gasteiger partial charge in [0.1, 0.15) is 11.2 Å². The van der Waals surface area contributed by atoms with Crippen molar-refractivity contribution in [3.8, 4) is 28.5 Å². The first kappa shape index (κ1) is 20.5. The Morgan fingerprint density at radius 2 is 1.82 bits per heavy atom. The smallest absolute Gasteiger partial charge is 0.144 e. The quantitative estimate of drug-likeness (QED) is 0.287. The number of aromatic nitrogens is 1. The van der Waals surface area contributed by atoms with E-state index in [-0.39, 0.29) is 5.41 Å². The highest BCUT2D eigenvalue weighted by atomic mass is 16.3. The van der Waals surface area contributed by atoms with Crippen molar-refractivity contribution in [1.29, 1.82) is 5.26 Å². The molecule has 0 N–H and O–H groups in total. The Kier molecular flexibility index (Phi) is 4.50. The van der Waals surface area contributed by atoms with Crippen LogP contribution in [-0.2, 0) is 5.41 Å². The molecule has 5 aromatic rings. The Balaban J connectivity index is 1.64. The number of benzene rings is 3. The fraction of sp³-hybridized carbons (Fsp3) is 0.200. The number of pyridine rings is 1. The number of rotatable bonds is 2. The number of fused-ring (bicyclic) bond motifs is 4. The maximum absolute atomic E-state index is 10.0. The van der Waals surface area contributed by atoms with Crippen LogP contribution in [0.1, 0.15) is 31.4 Å². The topological polar surface area (TPSA) is 53.1 Å². The normalized spacial score (nSPS) is 14.8. The minimum Gasteiger partial charge on any atom is -0.455 e. The fourth-order valence-corrected chi connectivity index (χ4v) is 5.24. The fourth-order valence-electron chi connectivity index (χ4n) is 5.24. The third kappa shape index (κ3) is 3.01. The van der Waals surface area contributed by atoms with Gasteiger partial charge in [-0.05, 0) is 59.4 Å². The first-order chi connectivity index (χ1) is 16.5. The molecule has 4 nitrogen and oxygen atoms in total. The van der Waals surface area contributed by atoms with Gasteiger partial charge in [-0.15, -0.1) is 0 Å². The molecule has 3 aromatic carbocycles. The maximum atomic E-state index is 10.0. The second-order valence-corrected chi connectivity index (χ2v) is 9.76. The van der Waals surface area contributed by atoms with Gasteiger partial charge in [-0.1, -0.05) is 44.2 Å². The molecule has 2 aromatic heterocycles. The number of hydrogen-bond acceptors (Lipinski definition) is 4. The zero-order valence-electron chi connectivity index (χ0n) is 19.6. The first-order valence-corrected chi connectivity index (χ1v) is 11.6. The SMILES string of the molecule is CN1CCC(C)(C)c2ccc(-c3c(C#N)ccc4c3oc3c(-c5ccccn5)cccc34)cc21. The molecule has 1 aliphatic rings. The summed E-state index contributed by atoms with van der Waals surface area (Å²) in [7, 11) is 2.14. The molecule has 166 valence electrons. The molecule has 0 atom stereocenters. The molecular weight excluding hydrogens is 418 g/mol. The first-order valence-electron chi connectivity index (χ1n) is 11.6. The van der Waals surface area contributed by atoms with E-state index >= 15 is 0 Å². The molecule has 1 aliphatic heterocycles. The zero-order valence-corrected chi connectivity index (χ0v) is 19.6. The Bertz CT molecular complexity index is 1610. The summed E-state index contributed by atoms with van der Waals surface area (Å²) in [6, 6.07) is 24.9. The predicted molar refractivity (Wildman–Crippen MR) is 138 cm³/mol. The zero-order chi connectivity index (χ0) is 23.4. The van der Waals surface area contributed by atoms with Gasteiger partial charge in [-0.25, -0.2) is 0 Å². The third-order valence-electron chi connectivity index (χ3n) is 7.23. The molecule has 0 spiro atoms. The molecule has 0 amide bonds. The van der Waals surface area contributed by atoms with Crippen LogP contribution in [0.2, 0.25) is 0 Å². The van der Waals surface area contributed by atoms with Crippen LogP contribution in [0, 0.1) is 11.3 Å². The Morgan fingerprint density at radius 1 is 0.971 bits per heavy atom. The van der Waals surface area contributed by atoms with Crippen molar-refractivity contribution >= 4 is 27.6 Å². The summed E-state index contributed by atoms with van der Waals surface area (Å²) in [5.74, 6) is 0. The van der Waals surface area contributed by atoms with E-state index in [0.29, 0.717) is 5.56 Å². The summed E-state index contributed by atoms with van der Waals surface area (Å²) in [6.45, 7) is 5.62. The van der Waals surface area contributed by atoms with Crippen LogP contribution in [0.4, 0.5) is 5.69 Å². The monoisotopic (exact) mass is 443 g/mol. The summed E-state index contributed by atoms with van der Waals surface area (Å²) in [5, 5.41) is 12.0. The maximum Gasteiger partial charge on any atom is 0.144 e. The molecule has 0 saturated heterocycles.